The van der Waals surface area contributed by atoms with E-state index in [2.05, 4.69) is 4.98 Å². The van der Waals surface area contributed by atoms with Crippen molar-refractivity contribution in [2.45, 2.75) is 32.6 Å². The maximum absolute atomic E-state index is 13.1. The van der Waals surface area contributed by atoms with Gasteiger partial charge in [-0.15, -0.1) is 11.3 Å². The number of carbonyl (C=O) groups excluding carboxylic acids is 1. The monoisotopic (exact) mass is 418 g/mol. The number of aromatic amines is 1. The van der Waals surface area contributed by atoms with Crippen molar-refractivity contribution in [2.24, 2.45) is 0 Å². The van der Waals surface area contributed by atoms with Gasteiger partial charge in [-0.2, -0.15) is 0 Å². The van der Waals surface area contributed by atoms with Gasteiger partial charge in [0.25, 0.3) is 5.56 Å². The second-order valence-electron chi connectivity index (χ2n) is 7.51. The van der Waals surface area contributed by atoms with Gasteiger partial charge in [-0.05, 0) is 50.3 Å². The number of benzene rings is 1. The molecule has 0 saturated heterocycles. The zero-order valence-corrected chi connectivity index (χ0v) is 17.1. The average Bonchev–Trinajstić information content (AvgIpc) is 3.28. The van der Waals surface area contributed by atoms with E-state index in [1.165, 1.54) is 4.88 Å². The Morgan fingerprint density at radius 1 is 1.20 bits per heavy atom. The predicted molar refractivity (Wildman–Crippen MR) is 117 cm³/mol. The van der Waals surface area contributed by atoms with Crippen LogP contribution >= 0.6 is 11.3 Å². The summed E-state index contributed by atoms with van der Waals surface area (Å²) in [5.74, 6) is -0.508. The molecule has 5 aromatic rings. The minimum atomic E-state index is -0.508. The van der Waals surface area contributed by atoms with Gasteiger partial charge in [-0.1, -0.05) is 12.1 Å². The lowest BCUT2D eigenvalue weighted by molar-refractivity contribution is 0.0530. The van der Waals surface area contributed by atoms with Crippen LogP contribution in [0.1, 0.15) is 40.6 Å². The van der Waals surface area contributed by atoms with E-state index >= 15 is 0 Å². The number of hydrogen-bond acceptors (Lipinski definition) is 6. The lowest BCUT2D eigenvalue weighted by Crippen LogP contribution is -2.13. The van der Waals surface area contributed by atoms with E-state index in [1.54, 1.807) is 18.3 Å². The molecule has 4 aromatic heterocycles. The number of para-hydroxylation sites is 2. The maximum Gasteiger partial charge on any atom is 0.344 e. The van der Waals surface area contributed by atoms with Gasteiger partial charge in [0.1, 0.15) is 21.6 Å². The quantitative estimate of drug-likeness (QED) is 0.438. The molecule has 6 rings (SSSR count). The first kappa shape index (κ1) is 17.6. The van der Waals surface area contributed by atoms with Crippen LogP contribution in [0.3, 0.4) is 0 Å². The number of aryl methyl sites for hydroxylation is 2. The smallest absolute Gasteiger partial charge is 0.344 e. The van der Waals surface area contributed by atoms with Gasteiger partial charge in [0, 0.05) is 4.88 Å². The molecule has 30 heavy (non-hydrogen) atoms. The number of esters is 1. The normalized spacial score (nSPS) is 14.0. The number of thiophene rings is 1. The summed E-state index contributed by atoms with van der Waals surface area (Å²) >= 11 is 1.63. The molecule has 4 heterocycles. The van der Waals surface area contributed by atoms with Crippen molar-refractivity contribution in [3.05, 3.63) is 50.6 Å². The number of nitrogens with zero attached hydrogens (tertiary/aromatic N) is 3. The minimum absolute atomic E-state index is 0.171. The van der Waals surface area contributed by atoms with Gasteiger partial charge >= 0.3 is 5.97 Å². The molecule has 0 bridgehead atoms. The van der Waals surface area contributed by atoms with Crippen LogP contribution in [0.15, 0.2) is 29.1 Å². The number of aromatic nitrogens is 4. The van der Waals surface area contributed by atoms with Crippen molar-refractivity contribution >= 4 is 55.4 Å². The molecule has 0 aliphatic heterocycles. The van der Waals surface area contributed by atoms with Crippen LogP contribution in [-0.4, -0.2) is 31.9 Å². The van der Waals surface area contributed by atoms with Gasteiger partial charge in [0.05, 0.1) is 23.0 Å². The topological polar surface area (TPSA) is 89.3 Å². The summed E-state index contributed by atoms with van der Waals surface area (Å²) in [6.07, 6.45) is 4.10. The molecule has 0 radical (unpaired) electrons. The summed E-state index contributed by atoms with van der Waals surface area (Å²) in [6.45, 7) is 1.99. The minimum Gasteiger partial charge on any atom is -0.462 e. The Hall–Kier alpha value is -3.26. The number of hydrogen-bond donors (Lipinski definition) is 1. The largest absolute Gasteiger partial charge is 0.462 e. The molecule has 1 aliphatic carbocycles. The third-order valence-corrected chi connectivity index (χ3v) is 7.03. The summed E-state index contributed by atoms with van der Waals surface area (Å²) in [5.41, 5.74) is 4.06. The van der Waals surface area contributed by atoms with Crippen molar-refractivity contribution < 1.29 is 9.53 Å². The maximum atomic E-state index is 13.1. The average molecular weight is 418 g/mol. The Bertz CT molecular complexity index is 1560. The standard InChI is InChI=1S/C22H18N4O3S/c1-2-29-22(28)16-17-19(24-13-9-5-4-8-12(13)23-17)26-18(16)25-20(27)15-11-7-3-6-10-14(11)30-21(15)26/h4-5,8-9H,2-3,6-7,10H2,1H3,(H,25,27). The number of ether oxygens (including phenoxy) is 1. The zero-order valence-electron chi connectivity index (χ0n) is 16.3. The van der Waals surface area contributed by atoms with E-state index in [0.29, 0.717) is 27.7 Å². The fourth-order valence-corrected chi connectivity index (χ4v) is 5.86. The van der Waals surface area contributed by atoms with E-state index in [9.17, 15) is 9.59 Å². The van der Waals surface area contributed by atoms with E-state index in [0.717, 1.165) is 41.6 Å². The van der Waals surface area contributed by atoms with E-state index < -0.39 is 5.97 Å². The Morgan fingerprint density at radius 2 is 1.97 bits per heavy atom. The number of H-pyrrole nitrogens is 1. The SMILES string of the molecule is CCOC(=O)c1c2nc3ccccc3nc2n2c1[nH]c(=O)c1c3c(sc12)CCCC3. The molecule has 1 aromatic carbocycles. The number of nitrogens with one attached hydrogen (secondary N) is 1. The van der Waals surface area contributed by atoms with E-state index in [1.807, 2.05) is 28.7 Å². The van der Waals surface area contributed by atoms with Crippen molar-refractivity contribution in [1.29, 1.82) is 0 Å². The van der Waals surface area contributed by atoms with Crippen LogP contribution in [0.2, 0.25) is 0 Å². The van der Waals surface area contributed by atoms with E-state index in [4.69, 9.17) is 14.7 Å². The Labute approximate surface area is 174 Å². The molecule has 0 amide bonds. The van der Waals surface area contributed by atoms with Crippen LogP contribution in [0.5, 0.6) is 0 Å². The second-order valence-corrected chi connectivity index (χ2v) is 8.59. The molecule has 1 N–H and O–H groups in total. The highest BCUT2D eigenvalue weighted by Crippen LogP contribution is 2.37. The molecule has 0 spiro atoms. The number of carbonyl (C=O) groups is 1. The first-order valence-corrected chi connectivity index (χ1v) is 10.9. The molecule has 0 saturated carbocycles. The predicted octanol–water partition coefficient (Wildman–Crippen LogP) is 3.99. The highest BCUT2D eigenvalue weighted by molar-refractivity contribution is 7.19. The van der Waals surface area contributed by atoms with Crippen molar-refractivity contribution in [2.75, 3.05) is 6.61 Å². The first-order chi connectivity index (χ1) is 14.7. The third-order valence-electron chi connectivity index (χ3n) is 5.76. The Balaban J connectivity index is 1.86. The molecule has 0 fully saturated rings. The molecule has 150 valence electrons. The second kappa shape index (κ2) is 6.37. The lowest BCUT2D eigenvalue weighted by atomic mass is 9.97. The summed E-state index contributed by atoms with van der Waals surface area (Å²) in [4.78, 5) is 40.6. The fraction of sp³-hybridized carbons (Fsp3) is 0.273. The Morgan fingerprint density at radius 3 is 2.77 bits per heavy atom. The van der Waals surface area contributed by atoms with Crippen molar-refractivity contribution in [3.8, 4) is 0 Å². The van der Waals surface area contributed by atoms with Gasteiger partial charge < -0.3 is 9.72 Å². The van der Waals surface area contributed by atoms with Gasteiger partial charge in [-0.3, -0.25) is 9.20 Å². The van der Waals surface area contributed by atoms with Gasteiger partial charge in [0.2, 0.25) is 0 Å². The highest BCUT2D eigenvalue weighted by Gasteiger charge is 2.28. The summed E-state index contributed by atoms with van der Waals surface area (Å²) in [6, 6.07) is 7.55. The van der Waals surface area contributed by atoms with Gasteiger partial charge in [-0.25, -0.2) is 14.8 Å². The summed E-state index contributed by atoms with van der Waals surface area (Å²) < 4.78 is 7.20. The van der Waals surface area contributed by atoms with Crippen LogP contribution in [-0.2, 0) is 17.6 Å². The molecule has 0 unspecified atom stereocenters. The highest BCUT2D eigenvalue weighted by atomic mass is 32.1. The molecule has 1 aliphatic rings. The van der Waals surface area contributed by atoms with Crippen molar-refractivity contribution in [1.82, 2.24) is 19.4 Å². The van der Waals surface area contributed by atoms with Gasteiger partial charge in [0.15, 0.2) is 5.65 Å². The fourth-order valence-electron chi connectivity index (χ4n) is 4.47. The number of fused-ring (bicyclic) bond motifs is 8. The molecular formula is C22H18N4O3S. The van der Waals surface area contributed by atoms with Crippen molar-refractivity contribution in [3.63, 3.8) is 0 Å². The Kier molecular flexibility index (Phi) is 3.73. The molecular weight excluding hydrogens is 400 g/mol. The van der Waals surface area contributed by atoms with Crippen LogP contribution < -0.4 is 5.56 Å². The first-order valence-electron chi connectivity index (χ1n) is 10.1. The van der Waals surface area contributed by atoms with Crippen LogP contribution in [0.25, 0.3) is 38.1 Å². The third kappa shape index (κ3) is 2.31. The number of rotatable bonds is 2. The molecule has 0 atom stereocenters. The van der Waals surface area contributed by atoms with Crippen LogP contribution in [0.4, 0.5) is 0 Å². The molecule has 7 nitrogen and oxygen atoms in total. The molecule has 8 heteroatoms. The lowest BCUT2D eigenvalue weighted by Gasteiger charge is -2.09. The summed E-state index contributed by atoms with van der Waals surface area (Å²) in [5, 5.41) is 0.712. The zero-order chi connectivity index (χ0) is 20.4. The van der Waals surface area contributed by atoms with Crippen LogP contribution in [0, 0.1) is 0 Å². The summed E-state index contributed by atoms with van der Waals surface area (Å²) in [7, 11) is 0. The van der Waals surface area contributed by atoms with E-state index in [-0.39, 0.29) is 17.7 Å².